The summed E-state index contributed by atoms with van der Waals surface area (Å²) in [6, 6.07) is 8.18. The Morgan fingerprint density at radius 3 is 2.31 bits per heavy atom. The second-order valence-electron chi connectivity index (χ2n) is 5.34. The average molecular weight is 214 g/mol. The third-order valence-electron chi connectivity index (χ3n) is 4.26. The van der Waals surface area contributed by atoms with Gasteiger partial charge in [0, 0.05) is 11.5 Å². The van der Waals surface area contributed by atoms with E-state index in [1.165, 1.54) is 12.0 Å². The molecule has 3 rings (SSSR count). The zero-order valence-electron chi connectivity index (χ0n) is 9.78. The van der Waals surface area contributed by atoms with Gasteiger partial charge < -0.3 is 0 Å². The summed E-state index contributed by atoms with van der Waals surface area (Å²) in [5.74, 6) is 2.50. The minimum Gasteiger partial charge on any atom is -0.294 e. The van der Waals surface area contributed by atoms with E-state index in [4.69, 9.17) is 0 Å². The fourth-order valence-electron chi connectivity index (χ4n) is 3.07. The summed E-state index contributed by atoms with van der Waals surface area (Å²) in [6.07, 6.45) is 4.73. The quantitative estimate of drug-likeness (QED) is 0.704. The second kappa shape index (κ2) is 3.73. The van der Waals surface area contributed by atoms with Gasteiger partial charge in [-0.1, -0.05) is 31.2 Å². The normalized spacial score (nSPS) is 31.2. The summed E-state index contributed by atoms with van der Waals surface area (Å²) in [4.78, 5) is 12.2. The van der Waals surface area contributed by atoms with E-state index in [2.05, 4.69) is 19.1 Å². The molecule has 2 unspecified atom stereocenters. The number of aryl methyl sites for hydroxylation is 1. The predicted octanol–water partition coefficient (Wildman–Crippen LogP) is 3.48. The van der Waals surface area contributed by atoms with Crippen LogP contribution in [0, 0.1) is 17.8 Å². The van der Waals surface area contributed by atoms with E-state index in [9.17, 15) is 4.79 Å². The van der Waals surface area contributed by atoms with Crippen LogP contribution in [-0.4, -0.2) is 5.78 Å². The minimum absolute atomic E-state index is 0.330. The van der Waals surface area contributed by atoms with Crippen LogP contribution in [-0.2, 0) is 6.42 Å². The molecule has 0 amide bonds. The molecule has 0 heterocycles. The second-order valence-corrected chi connectivity index (χ2v) is 5.34. The number of fused-ring (bicyclic) bond motifs is 1. The smallest absolute Gasteiger partial charge is 0.165 e. The Kier molecular flexibility index (Phi) is 2.34. The minimum atomic E-state index is 0.330. The number of ketones is 1. The van der Waals surface area contributed by atoms with Crippen molar-refractivity contribution in [3.8, 4) is 0 Å². The number of Topliss-reactive ketones (excluding diaryl/α,β-unsaturated/α-hetero) is 1. The zero-order valence-corrected chi connectivity index (χ0v) is 9.78. The molecule has 2 saturated carbocycles. The molecule has 84 valence electrons. The highest BCUT2D eigenvalue weighted by atomic mass is 16.1. The van der Waals surface area contributed by atoms with Gasteiger partial charge in [-0.05, 0) is 43.1 Å². The van der Waals surface area contributed by atoms with Crippen molar-refractivity contribution in [2.24, 2.45) is 17.8 Å². The lowest BCUT2D eigenvalue weighted by atomic mass is 9.93. The number of carbonyl (C=O) groups excluding carboxylic acids is 1. The van der Waals surface area contributed by atoms with Gasteiger partial charge in [0.1, 0.15) is 0 Å². The first-order valence-electron chi connectivity index (χ1n) is 6.41. The Morgan fingerprint density at radius 2 is 1.75 bits per heavy atom. The Balaban J connectivity index is 1.73. The molecule has 1 nitrogen and oxygen atoms in total. The maximum atomic E-state index is 12.2. The summed E-state index contributed by atoms with van der Waals surface area (Å²) in [5, 5.41) is 0. The largest absolute Gasteiger partial charge is 0.294 e. The van der Waals surface area contributed by atoms with Crippen LogP contribution < -0.4 is 0 Å². The van der Waals surface area contributed by atoms with Gasteiger partial charge in [-0.15, -0.1) is 0 Å². The van der Waals surface area contributed by atoms with Gasteiger partial charge in [-0.3, -0.25) is 4.79 Å². The fraction of sp³-hybridized carbons (Fsp3) is 0.533. The van der Waals surface area contributed by atoms with Crippen LogP contribution in [0.3, 0.4) is 0 Å². The summed E-state index contributed by atoms with van der Waals surface area (Å²) in [5.41, 5.74) is 2.23. The van der Waals surface area contributed by atoms with E-state index in [1.54, 1.807) is 0 Å². The van der Waals surface area contributed by atoms with Gasteiger partial charge in [-0.2, -0.15) is 0 Å². The van der Waals surface area contributed by atoms with E-state index < -0.39 is 0 Å². The maximum Gasteiger partial charge on any atom is 0.165 e. The molecule has 0 aliphatic heterocycles. The lowest BCUT2D eigenvalue weighted by molar-refractivity contribution is 0.0914. The molecule has 2 aliphatic carbocycles. The molecule has 2 atom stereocenters. The van der Waals surface area contributed by atoms with Gasteiger partial charge in [0.15, 0.2) is 5.78 Å². The summed E-state index contributed by atoms with van der Waals surface area (Å²) in [6.45, 7) is 2.14. The van der Waals surface area contributed by atoms with E-state index in [0.29, 0.717) is 11.7 Å². The Morgan fingerprint density at radius 1 is 1.12 bits per heavy atom. The van der Waals surface area contributed by atoms with Gasteiger partial charge in [0.25, 0.3) is 0 Å². The molecule has 1 aromatic rings. The van der Waals surface area contributed by atoms with Crippen LogP contribution in [0.2, 0.25) is 0 Å². The first-order chi connectivity index (χ1) is 7.78. The molecule has 1 aromatic carbocycles. The highest BCUT2D eigenvalue weighted by Crippen LogP contribution is 2.54. The molecule has 0 radical (unpaired) electrons. The molecule has 0 saturated heterocycles. The van der Waals surface area contributed by atoms with Crippen LogP contribution in [0.4, 0.5) is 0 Å². The Hall–Kier alpha value is -1.11. The van der Waals surface area contributed by atoms with Crippen LogP contribution >= 0.6 is 0 Å². The highest BCUT2D eigenvalue weighted by Gasteiger charge is 2.47. The van der Waals surface area contributed by atoms with Crippen LogP contribution in [0.15, 0.2) is 24.3 Å². The first kappa shape index (κ1) is 10.1. The monoisotopic (exact) mass is 214 g/mol. The number of benzene rings is 1. The van der Waals surface area contributed by atoms with Crippen molar-refractivity contribution < 1.29 is 4.79 Å². The van der Waals surface area contributed by atoms with E-state index >= 15 is 0 Å². The third-order valence-corrected chi connectivity index (χ3v) is 4.26. The average Bonchev–Trinajstić information content (AvgIpc) is 2.95. The number of hydrogen-bond acceptors (Lipinski definition) is 1. The lowest BCUT2D eigenvalue weighted by Gasteiger charge is -2.10. The zero-order chi connectivity index (χ0) is 11.1. The van der Waals surface area contributed by atoms with Gasteiger partial charge in [0.05, 0.1) is 0 Å². The van der Waals surface area contributed by atoms with Gasteiger partial charge in [-0.25, -0.2) is 0 Å². The maximum absolute atomic E-state index is 12.2. The molecule has 0 N–H and O–H groups in total. The topological polar surface area (TPSA) is 17.1 Å². The van der Waals surface area contributed by atoms with Crippen molar-refractivity contribution in [3.05, 3.63) is 35.4 Å². The summed E-state index contributed by atoms with van der Waals surface area (Å²) < 4.78 is 0. The van der Waals surface area contributed by atoms with Crippen LogP contribution in [0.1, 0.15) is 42.1 Å². The lowest BCUT2D eigenvalue weighted by Crippen LogP contribution is -2.12. The molecular weight excluding hydrogens is 196 g/mol. The molecule has 2 fully saturated rings. The predicted molar refractivity (Wildman–Crippen MR) is 64.5 cm³/mol. The Labute approximate surface area is 96.9 Å². The fourth-order valence-corrected chi connectivity index (χ4v) is 3.07. The van der Waals surface area contributed by atoms with E-state index in [1.807, 2.05) is 12.1 Å². The summed E-state index contributed by atoms with van der Waals surface area (Å²) in [7, 11) is 0. The summed E-state index contributed by atoms with van der Waals surface area (Å²) >= 11 is 0. The highest BCUT2D eigenvalue weighted by molar-refractivity contribution is 5.98. The number of carbonyl (C=O) groups is 1. The van der Waals surface area contributed by atoms with E-state index in [0.717, 1.165) is 36.7 Å². The molecule has 1 heteroatoms. The molecular formula is C15H18O. The van der Waals surface area contributed by atoms with Crippen LogP contribution in [0.5, 0.6) is 0 Å². The number of hydrogen-bond donors (Lipinski definition) is 0. The van der Waals surface area contributed by atoms with Crippen LogP contribution in [0.25, 0.3) is 0 Å². The first-order valence-corrected chi connectivity index (χ1v) is 6.41. The molecule has 16 heavy (non-hydrogen) atoms. The van der Waals surface area contributed by atoms with Crippen molar-refractivity contribution >= 4 is 5.78 Å². The molecule has 2 aliphatic rings. The van der Waals surface area contributed by atoms with Gasteiger partial charge in [0.2, 0.25) is 0 Å². The van der Waals surface area contributed by atoms with Crippen molar-refractivity contribution in [2.45, 2.75) is 32.6 Å². The third kappa shape index (κ3) is 1.68. The van der Waals surface area contributed by atoms with Crippen molar-refractivity contribution in [1.82, 2.24) is 0 Å². The SMILES string of the molecule is CCc1ccc(C(=O)C2CC3CC3C2)cc1. The Bertz CT molecular complexity index is 394. The van der Waals surface area contributed by atoms with Crippen molar-refractivity contribution in [1.29, 1.82) is 0 Å². The van der Waals surface area contributed by atoms with Gasteiger partial charge >= 0.3 is 0 Å². The molecule has 0 spiro atoms. The molecule has 0 bridgehead atoms. The van der Waals surface area contributed by atoms with E-state index in [-0.39, 0.29) is 0 Å². The molecule has 0 aromatic heterocycles. The standard InChI is InChI=1S/C15H18O/c1-2-10-3-5-11(6-4-10)15(16)14-8-12-7-13(12)9-14/h3-6,12-14H,2,7-9H2,1H3. The van der Waals surface area contributed by atoms with Crippen molar-refractivity contribution in [2.75, 3.05) is 0 Å². The number of rotatable bonds is 3. The van der Waals surface area contributed by atoms with Crippen molar-refractivity contribution in [3.63, 3.8) is 0 Å².